The summed E-state index contributed by atoms with van der Waals surface area (Å²) in [6, 6.07) is 29.9. The molecule has 4 aromatic rings. The predicted octanol–water partition coefficient (Wildman–Crippen LogP) is 5.95. The van der Waals surface area contributed by atoms with Crippen LogP contribution < -0.4 is 11.5 Å². The number of hydrogen-bond donors (Lipinski definition) is 2. The molecule has 5 rings (SSSR count). The fraction of sp³-hybridized carbons (Fsp3) is 0.200. The molecule has 4 heteroatoms. The van der Waals surface area contributed by atoms with Crippen molar-refractivity contribution in [1.29, 1.82) is 0 Å². The number of fused-ring (bicyclic) bond motifs is 3. The van der Waals surface area contributed by atoms with Crippen LogP contribution in [0.5, 0.6) is 0 Å². The highest BCUT2D eigenvalue weighted by Gasteiger charge is 2.26. The van der Waals surface area contributed by atoms with E-state index >= 15 is 0 Å². The predicted molar refractivity (Wildman–Crippen MR) is 142 cm³/mol. The summed E-state index contributed by atoms with van der Waals surface area (Å²) < 4.78 is 13.2. The van der Waals surface area contributed by atoms with E-state index in [0.29, 0.717) is 13.1 Å². The minimum atomic E-state index is -1.15. The molecule has 0 radical (unpaired) electrons. The van der Waals surface area contributed by atoms with Crippen molar-refractivity contribution >= 4 is 10.8 Å². The molecule has 1 aliphatic rings. The summed E-state index contributed by atoms with van der Waals surface area (Å²) in [5.41, 5.74) is 20.8. The second kappa shape index (κ2) is 10.1. The smallest absolute Gasteiger partial charge is 0.0862 e. The molecule has 0 saturated carbocycles. The molecule has 0 bridgehead atoms. The molecule has 172 valence electrons. The number of nitrogens with two attached hydrogens (primary N) is 2. The average molecular weight is 467 g/mol. The van der Waals surface area contributed by atoms with Crippen LogP contribution in [0.1, 0.15) is 24.0 Å². The number of aryl methyl sites for hydroxylation is 2. The first-order valence-corrected chi connectivity index (χ1v) is 13.1. The summed E-state index contributed by atoms with van der Waals surface area (Å²) in [5, 5.41) is 0. The maximum Gasteiger partial charge on any atom is 0.0862 e. The van der Waals surface area contributed by atoms with Crippen molar-refractivity contribution in [3.05, 3.63) is 96.1 Å². The van der Waals surface area contributed by atoms with E-state index in [1.165, 1.54) is 22.3 Å². The zero-order chi connectivity index (χ0) is 23.5. The fourth-order valence-corrected chi connectivity index (χ4v) is 6.06. The Kier molecular flexibility index (Phi) is 6.73. The van der Waals surface area contributed by atoms with Gasteiger partial charge in [0.25, 0.3) is 0 Å². The highest BCUT2D eigenvalue weighted by molar-refractivity contribution is 7.85. The molecule has 4 N–H and O–H groups in total. The van der Waals surface area contributed by atoms with Crippen molar-refractivity contribution in [1.82, 2.24) is 0 Å². The molecule has 1 heterocycles. The minimum absolute atomic E-state index is 0.698. The van der Waals surface area contributed by atoms with Gasteiger partial charge >= 0.3 is 0 Å². The van der Waals surface area contributed by atoms with Crippen molar-refractivity contribution in [3.8, 4) is 33.4 Å². The summed E-state index contributed by atoms with van der Waals surface area (Å²) in [5.74, 6) is 0. The molecule has 0 atom stereocenters. The normalized spacial score (nSPS) is 12.5. The molecular weight excluding hydrogens is 436 g/mol. The van der Waals surface area contributed by atoms with Crippen LogP contribution >= 0.6 is 0 Å². The van der Waals surface area contributed by atoms with Gasteiger partial charge in [0.1, 0.15) is 0 Å². The van der Waals surface area contributed by atoms with Crippen LogP contribution in [0.25, 0.3) is 33.4 Å². The van der Waals surface area contributed by atoms with Crippen molar-refractivity contribution in [2.75, 3.05) is 13.1 Å². The van der Waals surface area contributed by atoms with Gasteiger partial charge in [-0.2, -0.15) is 0 Å². The summed E-state index contributed by atoms with van der Waals surface area (Å²) in [7, 11) is -1.15. The quantitative estimate of drug-likeness (QED) is 0.297. The Morgan fingerprint density at radius 3 is 1.44 bits per heavy atom. The Labute approximate surface area is 204 Å². The van der Waals surface area contributed by atoms with E-state index in [9.17, 15) is 4.21 Å². The van der Waals surface area contributed by atoms with E-state index in [0.717, 1.165) is 57.7 Å². The third-order valence-corrected chi connectivity index (χ3v) is 8.02. The summed E-state index contributed by atoms with van der Waals surface area (Å²) in [6.45, 7) is 1.40. The van der Waals surface area contributed by atoms with E-state index in [1.807, 2.05) is 12.1 Å². The van der Waals surface area contributed by atoms with Gasteiger partial charge in [-0.05, 0) is 96.4 Å². The van der Waals surface area contributed by atoms with Crippen molar-refractivity contribution < 1.29 is 4.21 Å². The molecule has 0 amide bonds. The first-order valence-electron chi connectivity index (χ1n) is 12.0. The number of rotatable bonds is 8. The first kappa shape index (κ1) is 22.7. The molecule has 1 aliphatic heterocycles. The van der Waals surface area contributed by atoms with Crippen molar-refractivity contribution in [3.63, 3.8) is 0 Å². The van der Waals surface area contributed by atoms with Crippen LogP contribution in [0.3, 0.4) is 0 Å². The van der Waals surface area contributed by atoms with Gasteiger partial charge < -0.3 is 11.5 Å². The lowest BCUT2D eigenvalue weighted by atomic mass is 9.94. The Hall–Kier alpha value is -3.05. The zero-order valence-corrected chi connectivity index (χ0v) is 20.1. The number of hydrogen-bond acceptors (Lipinski definition) is 3. The van der Waals surface area contributed by atoms with Crippen molar-refractivity contribution in [2.45, 2.75) is 35.5 Å². The van der Waals surface area contributed by atoms with Crippen molar-refractivity contribution in [2.24, 2.45) is 11.5 Å². The molecule has 0 unspecified atom stereocenters. The number of benzene rings is 4. The molecular formula is C30H30N2OS. The van der Waals surface area contributed by atoms with E-state index in [2.05, 4.69) is 72.8 Å². The van der Waals surface area contributed by atoms with Gasteiger partial charge in [0.2, 0.25) is 0 Å². The van der Waals surface area contributed by atoms with Gasteiger partial charge in [0.15, 0.2) is 0 Å². The van der Waals surface area contributed by atoms with Gasteiger partial charge in [0.05, 0.1) is 20.6 Å². The van der Waals surface area contributed by atoms with Crippen LogP contribution in [-0.4, -0.2) is 17.3 Å². The van der Waals surface area contributed by atoms with Gasteiger partial charge in [-0.25, -0.2) is 4.21 Å². The lowest BCUT2D eigenvalue weighted by molar-refractivity contribution is 0.685. The molecule has 0 saturated heterocycles. The molecule has 3 nitrogen and oxygen atoms in total. The molecule has 0 spiro atoms. The highest BCUT2D eigenvalue weighted by atomic mass is 32.2. The van der Waals surface area contributed by atoms with Crippen LogP contribution in [0.4, 0.5) is 0 Å². The first-order chi connectivity index (χ1) is 16.7. The maximum atomic E-state index is 13.2. The van der Waals surface area contributed by atoms with Crippen LogP contribution in [0.2, 0.25) is 0 Å². The fourth-order valence-electron chi connectivity index (χ4n) is 4.71. The van der Waals surface area contributed by atoms with E-state index in [-0.39, 0.29) is 0 Å². The van der Waals surface area contributed by atoms with Crippen LogP contribution in [-0.2, 0) is 23.6 Å². The molecule has 0 aromatic heterocycles. The average Bonchev–Trinajstić information content (AvgIpc) is 3.17. The molecule has 34 heavy (non-hydrogen) atoms. The second-order valence-electron chi connectivity index (χ2n) is 8.88. The highest BCUT2D eigenvalue weighted by Crippen LogP contribution is 2.44. The summed E-state index contributed by atoms with van der Waals surface area (Å²) >= 11 is 0. The third kappa shape index (κ3) is 4.49. The Balaban J connectivity index is 1.52. The monoisotopic (exact) mass is 466 g/mol. The third-order valence-electron chi connectivity index (χ3n) is 6.51. The van der Waals surface area contributed by atoms with E-state index in [1.54, 1.807) is 0 Å². The summed E-state index contributed by atoms with van der Waals surface area (Å²) in [6.07, 6.45) is 3.93. The summed E-state index contributed by atoms with van der Waals surface area (Å²) in [4.78, 5) is 1.79. The standard InChI is InChI=1S/C30H30N2OS/c31-15-3-7-21-5-1-9-23(17-21)25-11-13-29-27(19-25)28-20-26(12-14-30(28)34(29)33)24-10-2-6-22(18-24)8-4-16-32/h1-2,5-6,9-14,17-20H,3-4,7-8,15-16,31-32H2. The van der Waals surface area contributed by atoms with Gasteiger partial charge in [-0.1, -0.05) is 60.7 Å². The lowest BCUT2D eigenvalue weighted by Crippen LogP contribution is -2.00. The minimum Gasteiger partial charge on any atom is -0.330 e. The van der Waals surface area contributed by atoms with E-state index < -0.39 is 10.8 Å². The maximum absolute atomic E-state index is 13.2. The molecule has 0 fully saturated rings. The topological polar surface area (TPSA) is 69.1 Å². The lowest BCUT2D eigenvalue weighted by Gasteiger charge is -2.09. The molecule has 4 aromatic carbocycles. The van der Waals surface area contributed by atoms with E-state index in [4.69, 9.17) is 11.5 Å². The van der Waals surface area contributed by atoms with Crippen LogP contribution in [0.15, 0.2) is 94.7 Å². The Bertz CT molecular complexity index is 1260. The van der Waals surface area contributed by atoms with Gasteiger partial charge in [0, 0.05) is 11.1 Å². The largest absolute Gasteiger partial charge is 0.330 e. The SMILES string of the molecule is NCCCc1cccc(-c2ccc3c(c2)-c2cc(-c4cccc(CCCN)c4)ccc2S3=O)c1. The second-order valence-corrected chi connectivity index (χ2v) is 10.3. The molecule has 0 aliphatic carbocycles. The van der Waals surface area contributed by atoms with Crippen LogP contribution in [0, 0.1) is 0 Å². The Morgan fingerprint density at radius 1 is 0.559 bits per heavy atom. The van der Waals surface area contributed by atoms with Gasteiger partial charge in [-0.3, -0.25) is 0 Å². The van der Waals surface area contributed by atoms with Gasteiger partial charge in [-0.15, -0.1) is 0 Å². The Morgan fingerprint density at radius 2 is 1.00 bits per heavy atom. The zero-order valence-electron chi connectivity index (χ0n) is 19.3.